The van der Waals surface area contributed by atoms with E-state index in [9.17, 15) is 5.11 Å². The van der Waals surface area contributed by atoms with Crippen LogP contribution in [-0.4, -0.2) is 41.9 Å². The first kappa shape index (κ1) is 13.4. The van der Waals surface area contributed by atoms with E-state index in [4.69, 9.17) is 4.74 Å². The largest absolute Gasteiger partial charge is 0.389 e. The fourth-order valence-electron chi connectivity index (χ4n) is 1.75. The number of thiophene rings is 1. The van der Waals surface area contributed by atoms with Crippen LogP contribution in [0.15, 0.2) is 17.5 Å². The molecule has 5 heteroatoms. The lowest BCUT2D eigenvalue weighted by atomic mass is 10.2. The molecular weight excluding hydrogens is 254 g/mol. The second-order valence-corrected chi connectivity index (χ2v) is 6.40. The van der Waals surface area contributed by atoms with Crippen LogP contribution in [0.1, 0.15) is 11.3 Å². The Morgan fingerprint density at radius 3 is 3.24 bits per heavy atom. The van der Waals surface area contributed by atoms with Crippen molar-refractivity contribution in [3.05, 3.63) is 22.4 Å². The Bertz CT molecular complexity index is 299. The maximum atomic E-state index is 9.75. The SMILES string of the molecule is OC(CNC1CCSC1)COCc1cccs1. The van der Waals surface area contributed by atoms with Gasteiger partial charge in [0, 0.05) is 23.2 Å². The van der Waals surface area contributed by atoms with Crippen LogP contribution in [0.4, 0.5) is 0 Å². The molecule has 2 rings (SSSR count). The molecule has 0 saturated carbocycles. The van der Waals surface area contributed by atoms with Gasteiger partial charge in [-0.15, -0.1) is 11.3 Å². The molecule has 2 heterocycles. The molecule has 0 radical (unpaired) electrons. The van der Waals surface area contributed by atoms with Crippen molar-refractivity contribution >= 4 is 23.1 Å². The molecule has 0 aromatic carbocycles. The Morgan fingerprint density at radius 2 is 2.53 bits per heavy atom. The van der Waals surface area contributed by atoms with E-state index in [2.05, 4.69) is 5.32 Å². The zero-order valence-electron chi connectivity index (χ0n) is 9.80. The summed E-state index contributed by atoms with van der Waals surface area (Å²) in [6, 6.07) is 4.64. The average molecular weight is 273 g/mol. The lowest BCUT2D eigenvalue weighted by Crippen LogP contribution is -2.37. The van der Waals surface area contributed by atoms with Crippen molar-refractivity contribution in [1.82, 2.24) is 5.32 Å². The first-order valence-electron chi connectivity index (χ1n) is 5.94. The van der Waals surface area contributed by atoms with Crippen molar-refractivity contribution < 1.29 is 9.84 Å². The Hall–Kier alpha value is -0.0700. The van der Waals surface area contributed by atoms with Gasteiger partial charge in [0.1, 0.15) is 0 Å². The Morgan fingerprint density at radius 1 is 1.59 bits per heavy atom. The molecule has 2 unspecified atom stereocenters. The third kappa shape index (κ3) is 4.97. The van der Waals surface area contributed by atoms with E-state index in [1.807, 2.05) is 29.3 Å². The van der Waals surface area contributed by atoms with E-state index in [1.165, 1.54) is 22.8 Å². The number of hydrogen-bond acceptors (Lipinski definition) is 5. The minimum atomic E-state index is -0.402. The fraction of sp³-hybridized carbons (Fsp3) is 0.667. The molecule has 0 spiro atoms. The summed E-state index contributed by atoms with van der Waals surface area (Å²) in [7, 11) is 0. The van der Waals surface area contributed by atoms with Gasteiger partial charge in [-0.1, -0.05) is 6.07 Å². The third-order valence-electron chi connectivity index (χ3n) is 2.71. The van der Waals surface area contributed by atoms with E-state index >= 15 is 0 Å². The zero-order valence-corrected chi connectivity index (χ0v) is 11.4. The van der Waals surface area contributed by atoms with Crippen LogP contribution >= 0.6 is 23.1 Å². The summed E-state index contributed by atoms with van der Waals surface area (Å²) in [5.41, 5.74) is 0. The minimum Gasteiger partial charge on any atom is -0.389 e. The summed E-state index contributed by atoms with van der Waals surface area (Å²) in [5, 5.41) is 15.2. The van der Waals surface area contributed by atoms with E-state index < -0.39 is 6.10 Å². The zero-order chi connectivity index (χ0) is 11.9. The lowest BCUT2D eigenvalue weighted by molar-refractivity contribution is 0.0289. The first-order chi connectivity index (χ1) is 8.34. The van der Waals surface area contributed by atoms with Gasteiger partial charge in [-0.25, -0.2) is 0 Å². The Kier molecular flexibility index (Phi) is 5.80. The molecule has 3 nitrogen and oxygen atoms in total. The van der Waals surface area contributed by atoms with Crippen molar-refractivity contribution in [2.75, 3.05) is 24.7 Å². The molecule has 1 fully saturated rings. The standard InChI is InChI=1S/C12H19NO2S2/c14-11(6-13-10-3-5-16-9-10)7-15-8-12-2-1-4-17-12/h1-2,4,10-11,13-14H,3,5-9H2. The van der Waals surface area contributed by atoms with Crippen LogP contribution in [0.25, 0.3) is 0 Å². The Labute approximate surface area is 111 Å². The van der Waals surface area contributed by atoms with E-state index in [0.29, 0.717) is 25.8 Å². The monoisotopic (exact) mass is 273 g/mol. The fourth-order valence-corrected chi connectivity index (χ4v) is 3.57. The van der Waals surface area contributed by atoms with Crippen LogP contribution in [0.5, 0.6) is 0 Å². The highest BCUT2D eigenvalue weighted by molar-refractivity contribution is 7.99. The highest BCUT2D eigenvalue weighted by Crippen LogP contribution is 2.16. The maximum Gasteiger partial charge on any atom is 0.0897 e. The summed E-state index contributed by atoms with van der Waals surface area (Å²) in [6.07, 6.45) is 0.813. The van der Waals surface area contributed by atoms with Crippen LogP contribution < -0.4 is 5.32 Å². The van der Waals surface area contributed by atoms with Gasteiger partial charge in [0.25, 0.3) is 0 Å². The first-order valence-corrected chi connectivity index (χ1v) is 7.97. The van der Waals surface area contributed by atoms with Gasteiger partial charge < -0.3 is 15.2 Å². The number of ether oxygens (including phenoxy) is 1. The van der Waals surface area contributed by atoms with Gasteiger partial charge in [-0.3, -0.25) is 0 Å². The number of aliphatic hydroxyl groups excluding tert-OH is 1. The van der Waals surface area contributed by atoms with Crippen molar-refractivity contribution in [2.45, 2.75) is 25.2 Å². The summed E-state index contributed by atoms with van der Waals surface area (Å²) in [4.78, 5) is 1.21. The van der Waals surface area contributed by atoms with Crippen LogP contribution in [0.3, 0.4) is 0 Å². The van der Waals surface area contributed by atoms with Crippen molar-refractivity contribution in [2.24, 2.45) is 0 Å². The van der Waals surface area contributed by atoms with Gasteiger partial charge in [0.2, 0.25) is 0 Å². The molecule has 96 valence electrons. The quantitative estimate of drug-likeness (QED) is 0.794. The molecule has 2 atom stereocenters. The molecule has 2 N–H and O–H groups in total. The van der Waals surface area contributed by atoms with Gasteiger partial charge >= 0.3 is 0 Å². The molecule has 0 aliphatic carbocycles. The van der Waals surface area contributed by atoms with Crippen LogP contribution in [0.2, 0.25) is 0 Å². The predicted octanol–water partition coefficient (Wildman–Crippen LogP) is 1.72. The summed E-state index contributed by atoms with van der Waals surface area (Å²) in [6.45, 7) is 1.65. The molecule has 17 heavy (non-hydrogen) atoms. The molecule has 1 aromatic heterocycles. The summed E-state index contributed by atoms with van der Waals surface area (Å²) < 4.78 is 5.47. The van der Waals surface area contributed by atoms with Gasteiger partial charge in [0.05, 0.1) is 19.3 Å². The molecule has 0 amide bonds. The van der Waals surface area contributed by atoms with Crippen molar-refractivity contribution in [3.8, 4) is 0 Å². The number of hydrogen-bond donors (Lipinski definition) is 2. The number of aliphatic hydroxyl groups is 1. The van der Waals surface area contributed by atoms with Crippen LogP contribution in [-0.2, 0) is 11.3 Å². The molecule has 1 aliphatic rings. The maximum absolute atomic E-state index is 9.75. The summed E-state index contributed by atoms with van der Waals surface area (Å²) >= 11 is 3.66. The lowest BCUT2D eigenvalue weighted by Gasteiger charge is -2.15. The minimum absolute atomic E-state index is 0.402. The topological polar surface area (TPSA) is 41.5 Å². The average Bonchev–Trinajstić information content (AvgIpc) is 2.99. The second-order valence-electron chi connectivity index (χ2n) is 4.22. The van der Waals surface area contributed by atoms with E-state index in [0.717, 1.165) is 0 Å². The normalized spacial score (nSPS) is 21.8. The van der Waals surface area contributed by atoms with Gasteiger partial charge in [-0.05, 0) is 23.6 Å². The third-order valence-corrected chi connectivity index (χ3v) is 4.72. The highest BCUT2D eigenvalue weighted by Gasteiger charge is 2.15. The number of thioether (sulfide) groups is 1. The van der Waals surface area contributed by atoms with Crippen molar-refractivity contribution in [1.29, 1.82) is 0 Å². The Balaban J connectivity index is 1.52. The van der Waals surface area contributed by atoms with Gasteiger partial charge in [-0.2, -0.15) is 11.8 Å². The number of nitrogens with one attached hydrogen (secondary N) is 1. The molecule has 0 bridgehead atoms. The van der Waals surface area contributed by atoms with Crippen molar-refractivity contribution in [3.63, 3.8) is 0 Å². The second kappa shape index (κ2) is 7.38. The van der Waals surface area contributed by atoms with Gasteiger partial charge in [0.15, 0.2) is 0 Å². The van der Waals surface area contributed by atoms with Crippen LogP contribution in [0, 0.1) is 0 Å². The predicted molar refractivity (Wildman–Crippen MR) is 73.7 cm³/mol. The smallest absolute Gasteiger partial charge is 0.0897 e. The highest BCUT2D eigenvalue weighted by atomic mass is 32.2. The molecule has 1 saturated heterocycles. The number of rotatable bonds is 7. The van der Waals surface area contributed by atoms with E-state index in [1.54, 1.807) is 11.3 Å². The molecular formula is C12H19NO2S2. The van der Waals surface area contributed by atoms with E-state index in [-0.39, 0.29) is 0 Å². The molecule has 1 aliphatic heterocycles. The molecule has 1 aromatic rings. The summed E-state index contributed by atoms with van der Waals surface area (Å²) in [5.74, 6) is 2.41.